The standard InChI is InChI=1S/C17H31N3O/c1-19-9-2-3-14-12-20(10-8-16(14)19)17(21)11-13-4-6-15(18)7-5-13/h13-16H,2-12,18H2,1H3. The van der Waals surface area contributed by atoms with Gasteiger partial charge in [0.05, 0.1) is 0 Å². The normalized spacial score (nSPS) is 38.1. The highest BCUT2D eigenvalue weighted by Crippen LogP contribution is 2.31. The highest BCUT2D eigenvalue weighted by molar-refractivity contribution is 5.76. The van der Waals surface area contributed by atoms with Crippen molar-refractivity contribution in [1.29, 1.82) is 0 Å². The lowest BCUT2D eigenvalue weighted by molar-refractivity contribution is -0.136. The summed E-state index contributed by atoms with van der Waals surface area (Å²) in [4.78, 5) is 17.3. The third-order valence-corrected chi connectivity index (χ3v) is 6.05. The van der Waals surface area contributed by atoms with Crippen molar-refractivity contribution in [3.05, 3.63) is 0 Å². The van der Waals surface area contributed by atoms with E-state index in [0.717, 1.165) is 51.2 Å². The molecule has 3 fully saturated rings. The van der Waals surface area contributed by atoms with Crippen LogP contribution in [0.15, 0.2) is 0 Å². The Bertz CT molecular complexity index is 365. The molecule has 2 atom stereocenters. The first-order chi connectivity index (χ1) is 10.1. The van der Waals surface area contributed by atoms with Gasteiger partial charge in [0.1, 0.15) is 0 Å². The lowest BCUT2D eigenvalue weighted by Gasteiger charge is -2.46. The molecule has 2 N–H and O–H groups in total. The van der Waals surface area contributed by atoms with Crippen molar-refractivity contribution in [3.63, 3.8) is 0 Å². The van der Waals surface area contributed by atoms with Gasteiger partial charge < -0.3 is 15.5 Å². The van der Waals surface area contributed by atoms with Crippen LogP contribution in [0.25, 0.3) is 0 Å². The molecule has 1 saturated carbocycles. The molecule has 0 spiro atoms. The quantitative estimate of drug-likeness (QED) is 0.845. The second-order valence-corrected chi connectivity index (χ2v) is 7.56. The second-order valence-electron chi connectivity index (χ2n) is 7.56. The number of carbonyl (C=O) groups is 1. The fourth-order valence-corrected chi connectivity index (χ4v) is 4.65. The average molecular weight is 293 g/mol. The van der Waals surface area contributed by atoms with Crippen LogP contribution in [0, 0.1) is 11.8 Å². The molecule has 2 heterocycles. The molecule has 1 aliphatic carbocycles. The molecule has 2 aliphatic heterocycles. The van der Waals surface area contributed by atoms with Gasteiger partial charge in [-0.3, -0.25) is 4.79 Å². The van der Waals surface area contributed by atoms with Crippen LogP contribution < -0.4 is 5.73 Å². The van der Waals surface area contributed by atoms with E-state index in [0.29, 0.717) is 23.8 Å². The summed E-state index contributed by atoms with van der Waals surface area (Å²) in [5.41, 5.74) is 5.96. The third kappa shape index (κ3) is 3.59. The fourth-order valence-electron chi connectivity index (χ4n) is 4.65. The van der Waals surface area contributed by atoms with E-state index in [9.17, 15) is 4.79 Å². The van der Waals surface area contributed by atoms with Crippen LogP contribution in [0.3, 0.4) is 0 Å². The number of piperidine rings is 2. The average Bonchev–Trinajstić information content (AvgIpc) is 2.49. The smallest absolute Gasteiger partial charge is 0.222 e. The maximum atomic E-state index is 12.6. The minimum atomic E-state index is 0.380. The molecular weight excluding hydrogens is 262 g/mol. The summed E-state index contributed by atoms with van der Waals surface area (Å²) in [5, 5.41) is 0. The lowest BCUT2D eigenvalue weighted by Crippen LogP contribution is -2.54. The van der Waals surface area contributed by atoms with E-state index in [2.05, 4.69) is 16.8 Å². The van der Waals surface area contributed by atoms with Gasteiger partial charge in [-0.2, -0.15) is 0 Å². The molecule has 0 aromatic heterocycles. The predicted octanol–water partition coefficient (Wildman–Crippen LogP) is 1.84. The van der Waals surface area contributed by atoms with Crippen molar-refractivity contribution in [2.24, 2.45) is 17.6 Å². The summed E-state index contributed by atoms with van der Waals surface area (Å²) in [7, 11) is 2.25. The van der Waals surface area contributed by atoms with Crippen molar-refractivity contribution < 1.29 is 4.79 Å². The number of carbonyl (C=O) groups excluding carboxylic acids is 1. The summed E-state index contributed by atoms with van der Waals surface area (Å²) >= 11 is 0. The van der Waals surface area contributed by atoms with Gasteiger partial charge in [0.25, 0.3) is 0 Å². The highest BCUT2D eigenvalue weighted by atomic mass is 16.2. The largest absolute Gasteiger partial charge is 0.342 e. The molecule has 120 valence electrons. The number of hydrogen-bond donors (Lipinski definition) is 1. The van der Waals surface area contributed by atoms with Crippen molar-refractivity contribution in [2.45, 2.75) is 63.5 Å². The number of likely N-dealkylation sites (tertiary alicyclic amines) is 2. The Morgan fingerprint density at radius 2 is 1.86 bits per heavy atom. The highest BCUT2D eigenvalue weighted by Gasteiger charge is 2.36. The van der Waals surface area contributed by atoms with E-state index in [-0.39, 0.29) is 0 Å². The molecule has 0 radical (unpaired) electrons. The minimum absolute atomic E-state index is 0.380. The summed E-state index contributed by atoms with van der Waals surface area (Å²) in [6.45, 7) is 3.20. The summed E-state index contributed by atoms with van der Waals surface area (Å²) in [5.74, 6) is 1.70. The van der Waals surface area contributed by atoms with Crippen LogP contribution in [0.4, 0.5) is 0 Å². The maximum absolute atomic E-state index is 12.6. The lowest BCUT2D eigenvalue weighted by atomic mass is 9.82. The van der Waals surface area contributed by atoms with Crippen LogP contribution in [-0.2, 0) is 4.79 Å². The SMILES string of the molecule is CN1CCCC2CN(C(=O)CC3CCC(N)CC3)CCC21. The molecule has 1 amide bonds. The maximum Gasteiger partial charge on any atom is 0.222 e. The van der Waals surface area contributed by atoms with Crippen LogP contribution >= 0.6 is 0 Å². The monoisotopic (exact) mass is 293 g/mol. The molecule has 4 nitrogen and oxygen atoms in total. The first-order valence-corrected chi connectivity index (χ1v) is 8.87. The van der Waals surface area contributed by atoms with E-state index >= 15 is 0 Å². The first kappa shape index (κ1) is 15.3. The van der Waals surface area contributed by atoms with Gasteiger partial charge in [0.15, 0.2) is 0 Å². The van der Waals surface area contributed by atoms with Crippen molar-refractivity contribution in [1.82, 2.24) is 9.80 Å². The molecule has 4 heteroatoms. The zero-order valence-electron chi connectivity index (χ0n) is 13.5. The van der Waals surface area contributed by atoms with Gasteiger partial charge in [0, 0.05) is 31.6 Å². The van der Waals surface area contributed by atoms with Gasteiger partial charge in [-0.15, -0.1) is 0 Å². The van der Waals surface area contributed by atoms with E-state index in [1.807, 2.05) is 0 Å². The fraction of sp³-hybridized carbons (Fsp3) is 0.941. The zero-order chi connectivity index (χ0) is 14.8. The van der Waals surface area contributed by atoms with Crippen LogP contribution in [0.2, 0.25) is 0 Å². The van der Waals surface area contributed by atoms with Crippen molar-refractivity contribution in [3.8, 4) is 0 Å². The number of amides is 1. The number of fused-ring (bicyclic) bond motifs is 1. The third-order valence-electron chi connectivity index (χ3n) is 6.05. The Kier molecular flexibility index (Phi) is 4.85. The molecule has 0 aromatic rings. The van der Waals surface area contributed by atoms with Gasteiger partial charge >= 0.3 is 0 Å². The van der Waals surface area contributed by atoms with Gasteiger partial charge in [-0.25, -0.2) is 0 Å². The number of hydrogen-bond acceptors (Lipinski definition) is 3. The van der Waals surface area contributed by atoms with E-state index in [1.165, 1.54) is 25.8 Å². The molecule has 21 heavy (non-hydrogen) atoms. The molecule has 3 rings (SSSR count). The Morgan fingerprint density at radius 1 is 1.10 bits per heavy atom. The molecule has 3 aliphatic rings. The Hall–Kier alpha value is -0.610. The zero-order valence-corrected chi connectivity index (χ0v) is 13.5. The van der Waals surface area contributed by atoms with Gasteiger partial charge in [0.2, 0.25) is 5.91 Å². The molecule has 2 unspecified atom stereocenters. The summed E-state index contributed by atoms with van der Waals surface area (Å²) in [6.07, 6.45) is 9.03. The van der Waals surface area contributed by atoms with Crippen molar-refractivity contribution >= 4 is 5.91 Å². The van der Waals surface area contributed by atoms with Gasteiger partial charge in [-0.1, -0.05) is 0 Å². The number of rotatable bonds is 2. The van der Waals surface area contributed by atoms with Gasteiger partial charge in [-0.05, 0) is 70.4 Å². The van der Waals surface area contributed by atoms with E-state index in [1.54, 1.807) is 0 Å². The molecular formula is C17H31N3O. The van der Waals surface area contributed by atoms with E-state index in [4.69, 9.17) is 5.73 Å². The summed E-state index contributed by atoms with van der Waals surface area (Å²) < 4.78 is 0. The van der Waals surface area contributed by atoms with Crippen LogP contribution in [-0.4, -0.2) is 54.5 Å². The molecule has 2 saturated heterocycles. The number of nitrogens with zero attached hydrogens (tertiary/aromatic N) is 2. The van der Waals surface area contributed by atoms with E-state index < -0.39 is 0 Å². The second kappa shape index (κ2) is 6.66. The number of nitrogens with two attached hydrogens (primary N) is 1. The first-order valence-electron chi connectivity index (χ1n) is 8.87. The minimum Gasteiger partial charge on any atom is -0.342 e. The molecule has 0 bridgehead atoms. The Labute approximate surface area is 129 Å². The molecule has 0 aromatic carbocycles. The topological polar surface area (TPSA) is 49.6 Å². The predicted molar refractivity (Wildman–Crippen MR) is 84.9 cm³/mol. The van der Waals surface area contributed by atoms with Crippen molar-refractivity contribution in [2.75, 3.05) is 26.7 Å². The summed E-state index contributed by atoms with van der Waals surface area (Å²) in [6, 6.07) is 1.10. The van der Waals surface area contributed by atoms with Crippen LogP contribution in [0.1, 0.15) is 51.4 Å². The van der Waals surface area contributed by atoms with Crippen LogP contribution in [0.5, 0.6) is 0 Å². The Morgan fingerprint density at radius 3 is 2.62 bits per heavy atom. The Balaban J connectivity index is 1.49.